The van der Waals surface area contributed by atoms with Crippen molar-refractivity contribution < 1.29 is 5.11 Å². The third kappa shape index (κ3) is 2.43. The molecule has 0 fully saturated rings. The van der Waals surface area contributed by atoms with Crippen molar-refractivity contribution in [3.63, 3.8) is 0 Å². The first-order chi connectivity index (χ1) is 9.24. The van der Waals surface area contributed by atoms with Gasteiger partial charge in [0, 0.05) is 10.6 Å². The van der Waals surface area contributed by atoms with Gasteiger partial charge in [-0.2, -0.15) is 0 Å². The van der Waals surface area contributed by atoms with Crippen LogP contribution in [0, 0.1) is 0 Å². The van der Waals surface area contributed by atoms with Crippen molar-refractivity contribution in [1.29, 1.82) is 0 Å². The second kappa shape index (κ2) is 4.96. The number of nitrogens with one attached hydrogen (secondary N) is 2. The summed E-state index contributed by atoms with van der Waals surface area (Å²) in [5.41, 5.74) is 9.14. The number of hydrogen-bond acceptors (Lipinski definition) is 3. The average molecular weight is 273 g/mol. The van der Waals surface area contributed by atoms with Crippen LogP contribution in [0.15, 0.2) is 54.6 Å². The molecule has 1 unspecified atom stereocenters. The number of phenols is 1. The number of hydrogen-bond donors (Lipinski definition) is 3. The number of aromatic hydroxyl groups is 1. The smallest absolute Gasteiger partial charge is 0.120 e. The minimum atomic E-state index is -0.0492. The van der Waals surface area contributed by atoms with E-state index in [2.05, 4.69) is 10.9 Å². The quantitative estimate of drug-likeness (QED) is 0.786. The summed E-state index contributed by atoms with van der Waals surface area (Å²) in [7, 11) is 0. The number of rotatable bonds is 2. The molecule has 0 bridgehead atoms. The summed E-state index contributed by atoms with van der Waals surface area (Å²) < 4.78 is 0. The molecule has 4 heteroatoms. The van der Waals surface area contributed by atoms with Gasteiger partial charge in [-0.3, -0.25) is 0 Å². The number of hydrazine groups is 1. The van der Waals surface area contributed by atoms with Crippen molar-refractivity contribution in [2.24, 2.45) is 0 Å². The highest BCUT2D eigenvalue weighted by Gasteiger charge is 2.19. The fraction of sp³-hybridized carbons (Fsp3) is 0.0667. The minimum Gasteiger partial charge on any atom is -0.508 e. The largest absolute Gasteiger partial charge is 0.508 e. The SMILES string of the molecule is Oc1ccccc1C1C=C(c2ccc(Cl)cc2)NN1. The van der Waals surface area contributed by atoms with E-state index in [-0.39, 0.29) is 11.8 Å². The number of para-hydroxylation sites is 1. The van der Waals surface area contributed by atoms with Gasteiger partial charge in [0.05, 0.1) is 11.7 Å². The predicted octanol–water partition coefficient (Wildman–Crippen LogP) is 3.24. The number of benzene rings is 2. The Morgan fingerprint density at radius 3 is 2.47 bits per heavy atom. The van der Waals surface area contributed by atoms with E-state index in [0.29, 0.717) is 5.02 Å². The summed E-state index contributed by atoms with van der Waals surface area (Å²) in [5, 5.41) is 10.6. The summed E-state index contributed by atoms with van der Waals surface area (Å²) >= 11 is 5.88. The van der Waals surface area contributed by atoms with E-state index in [0.717, 1.165) is 16.8 Å². The monoisotopic (exact) mass is 272 g/mol. The molecule has 2 aromatic carbocycles. The molecule has 0 saturated heterocycles. The standard InChI is InChI=1S/C15H13ClN2O/c16-11-7-5-10(6-8-11)13-9-14(18-17-13)12-3-1-2-4-15(12)19/h1-9,14,17-19H. The first-order valence-corrected chi connectivity index (χ1v) is 6.39. The van der Waals surface area contributed by atoms with Crippen molar-refractivity contribution in [3.8, 4) is 5.75 Å². The molecule has 3 rings (SSSR count). The molecule has 2 aromatic rings. The Hall–Kier alpha value is -1.97. The lowest BCUT2D eigenvalue weighted by atomic mass is 10.0. The van der Waals surface area contributed by atoms with Gasteiger partial charge in [-0.25, -0.2) is 5.43 Å². The summed E-state index contributed by atoms with van der Waals surface area (Å²) in [4.78, 5) is 0. The zero-order valence-electron chi connectivity index (χ0n) is 10.1. The summed E-state index contributed by atoms with van der Waals surface area (Å²) in [6.45, 7) is 0. The molecule has 1 aliphatic rings. The summed E-state index contributed by atoms with van der Waals surface area (Å²) in [5.74, 6) is 0.287. The maximum absolute atomic E-state index is 9.85. The van der Waals surface area contributed by atoms with E-state index in [1.807, 2.05) is 48.5 Å². The maximum Gasteiger partial charge on any atom is 0.120 e. The lowest BCUT2D eigenvalue weighted by Crippen LogP contribution is -2.26. The Morgan fingerprint density at radius 2 is 1.74 bits per heavy atom. The van der Waals surface area contributed by atoms with Crippen LogP contribution in [0.3, 0.4) is 0 Å². The molecule has 3 N–H and O–H groups in total. The second-order valence-corrected chi connectivity index (χ2v) is 4.83. The van der Waals surface area contributed by atoms with Crippen LogP contribution in [0.25, 0.3) is 5.70 Å². The van der Waals surface area contributed by atoms with Gasteiger partial charge in [-0.1, -0.05) is 41.9 Å². The predicted molar refractivity (Wildman–Crippen MR) is 76.5 cm³/mol. The Kier molecular flexibility index (Phi) is 3.15. The molecule has 0 spiro atoms. The van der Waals surface area contributed by atoms with E-state index >= 15 is 0 Å². The van der Waals surface area contributed by atoms with Crippen LogP contribution in [-0.2, 0) is 0 Å². The molecule has 0 radical (unpaired) electrons. The maximum atomic E-state index is 9.85. The molecule has 1 aliphatic heterocycles. The van der Waals surface area contributed by atoms with Gasteiger partial charge in [-0.05, 0) is 29.8 Å². The van der Waals surface area contributed by atoms with Gasteiger partial charge in [-0.15, -0.1) is 0 Å². The third-order valence-corrected chi connectivity index (χ3v) is 3.37. The lowest BCUT2D eigenvalue weighted by Gasteiger charge is -2.10. The minimum absolute atomic E-state index is 0.0492. The summed E-state index contributed by atoms with van der Waals surface area (Å²) in [6.07, 6.45) is 2.04. The van der Waals surface area contributed by atoms with Gasteiger partial charge in [0.1, 0.15) is 5.75 Å². The van der Waals surface area contributed by atoms with Crippen LogP contribution in [-0.4, -0.2) is 5.11 Å². The first-order valence-electron chi connectivity index (χ1n) is 6.01. The van der Waals surface area contributed by atoms with Crippen LogP contribution in [0.4, 0.5) is 0 Å². The van der Waals surface area contributed by atoms with Crippen LogP contribution in [0.5, 0.6) is 5.75 Å². The van der Waals surface area contributed by atoms with Crippen LogP contribution in [0.2, 0.25) is 5.02 Å². The van der Waals surface area contributed by atoms with Crippen LogP contribution in [0.1, 0.15) is 17.2 Å². The van der Waals surface area contributed by atoms with E-state index in [9.17, 15) is 5.11 Å². The van der Waals surface area contributed by atoms with Crippen molar-refractivity contribution in [3.05, 3.63) is 70.8 Å². The highest BCUT2D eigenvalue weighted by Crippen LogP contribution is 2.29. The first kappa shape index (κ1) is 12.1. The Balaban J connectivity index is 1.89. The van der Waals surface area contributed by atoms with Gasteiger partial charge in [0.25, 0.3) is 0 Å². The molecule has 1 heterocycles. The van der Waals surface area contributed by atoms with E-state index in [1.165, 1.54) is 0 Å². The van der Waals surface area contributed by atoms with Gasteiger partial charge in [0.2, 0.25) is 0 Å². The lowest BCUT2D eigenvalue weighted by molar-refractivity contribution is 0.459. The van der Waals surface area contributed by atoms with Gasteiger partial charge >= 0.3 is 0 Å². The second-order valence-electron chi connectivity index (χ2n) is 4.39. The van der Waals surface area contributed by atoms with Crippen molar-refractivity contribution in [2.75, 3.05) is 0 Å². The molecule has 0 saturated carbocycles. The van der Waals surface area contributed by atoms with E-state index in [1.54, 1.807) is 6.07 Å². The average Bonchev–Trinajstić information content (AvgIpc) is 2.89. The molecule has 3 nitrogen and oxygen atoms in total. The van der Waals surface area contributed by atoms with E-state index in [4.69, 9.17) is 11.6 Å². The molecule has 0 amide bonds. The molecular formula is C15H13ClN2O. The molecule has 1 atom stereocenters. The Morgan fingerprint density at radius 1 is 1.00 bits per heavy atom. The van der Waals surface area contributed by atoms with E-state index < -0.39 is 0 Å². The molecule has 0 aliphatic carbocycles. The topological polar surface area (TPSA) is 44.3 Å². The summed E-state index contributed by atoms with van der Waals surface area (Å²) in [6, 6.07) is 14.9. The van der Waals surface area contributed by atoms with Crippen molar-refractivity contribution in [2.45, 2.75) is 6.04 Å². The number of halogens is 1. The van der Waals surface area contributed by atoms with Gasteiger partial charge in [0.15, 0.2) is 0 Å². The molecule has 96 valence electrons. The normalized spacial score (nSPS) is 17.9. The Bertz CT molecular complexity index is 622. The third-order valence-electron chi connectivity index (χ3n) is 3.12. The fourth-order valence-electron chi connectivity index (χ4n) is 2.12. The van der Waals surface area contributed by atoms with Crippen LogP contribution >= 0.6 is 11.6 Å². The Labute approximate surface area is 116 Å². The molecule has 19 heavy (non-hydrogen) atoms. The van der Waals surface area contributed by atoms with Crippen molar-refractivity contribution in [1.82, 2.24) is 10.9 Å². The zero-order valence-corrected chi connectivity index (χ0v) is 10.9. The number of phenolic OH excluding ortho intramolecular Hbond substituents is 1. The van der Waals surface area contributed by atoms with Crippen LogP contribution < -0.4 is 10.9 Å². The van der Waals surface area contributed by atoms with Gasteiger partial charge < -0.3 is 10.5 Å². The fourth-order valence-corrected chi connectivity index (χ4v) is 2.25. The molecular weight excluding hydrogens is 260 g/mol. The molecule has 0 aromatic heterocycles. The highest BCUT2D eigenvalue weighted by molar-refractivity contribution is 6.30. The highest BCUT2D eigenvalue weighted by atomic mass is 35.5. The van der Waals surface area contributed by atoms with Crippen molar-refractivity contribution >= 4 is 17.3 Å². The zero-order chi connectivity index (χ0) is 13.2.